The second-order valence-electron chi connectivity index (χ2n) is 2.28. The molecule has 3 heteroatoms. The molecule has 0 aliphatic rings. The minimum atomic E-state index is -0.522. The zero-order valence-corrected chi connectivity index (χ0v) is 7.44. The maximum absolute atomic E-state index is 11.0. The van der Waals surface area contributed by atoms with Crippen LogP contribution in [0.2, 0.25) is 0 Å². The molecule has 2 nitrogen and oxygen atoms in total. The van der Waals surface area contributed by atoms with E-state index >= 15 is 0 Å². The lowest BCUT2D eigenvalue weighted by Gasteiger charge is -2.11. The molecule has 0 heterocycles. The Morgan fingerprint density at radius 2 is 2.10 bits per heavy atom. The van der Waals surface area contributed by atoms with Gasteiger partial charge in [0.2, 0.25) is 0 Å². The summed E-state index contributed by atoms with van der Waals surface area (Å²) in [5, 5.41) is 9.06. The lowest BCUT2D eigenvalue weighted by Crippen LogP contribution is -2.20. The highest BCUT2D eigenvalue weighted by Gasteiger charge is 2.17. The van der Waals surface area contributed by atoms with Gasteiger partial charge in [0.05, 0.1) is 12.0 Å². The van der Waals surface area contributed by atoms with Gasteiger partial charge in [0.15, 0.2) is 5.12 Å². The van der Waals surface area contributed by atoms with Crippen LogP contribution in [0.15, 0.2) is 0 Å². The maximum Gasteiger partial charge on any atom is 0.194 e. The van der Waals surface area contributed by atoms with Gasteiger partial charge in [-0.3, -0.25) is 4.79 Å². The van der Waals surface area contributed by atoms with Crippen LogP contribution >= 0.6 is 11.8 Å². The van der Waals surface area contributed by atoms with Crippen LogP contribution in [0.5, 0.6) is 0 Å². The van der Waals surface area contributed by atoms with E-state index in [4.69, 9.17) is 5.11 Å². The van der Waals surface area contributed by atoms with Crippen LogP contribution in [0.3, 0.4) is 0 Å². The van der Waals surface area contributed by atoms with E-state index in [1.807, 2.05) is 6.92 Å². The third-order valence-corrected chi connectivity index (χ3v) is 2.33. The number of carbonyl (C=O) groups excluding carboxylic acids is 1. The lowest BCUT2D eigenvalue weighted by molar-refractivity contribution is -0.116. The van der Waals surface area contributed by atoms with Crippen molar-refractivity contribution in [2.75, 3.05) is 5.75 Å². The highest BCUT2D eigenvalue weighted by molar-refractivity contribution is 8.13. The van der Waals surface area contributed by atoms with E-state index in [1.54, 1.807) is 13.8 Å². The number of hydrogen-bond acceptors (Lipinski definition) is 3. The summed E-state index contributed by atoms with van der Waals surface area (Å²) in [5.74, 6) is 0.556. The average Bonchev–Trinajstić information content (AvgIpc) is 1.87. The Morgan fingerprint density at radius 1 is 1.60 bits per heavy atom. The molecule has 0 spiro atoms. The summed E-state index contributed by atoms with van der Waals surface area (Å²) in [6.07, 6.45) is -0.522. The van der Waals surface area contributed by atoms with E-state index in [0.29, 0.717) is 0 Å². The number of carbonyl (C=O) groups is 1. The fraction of sp³-hybridized carbons (Fsp3) is 0.857. The Kier molecular flexibility index (Phi) is 4.73. The lowest BCUT2D eigenvalue weighted by atomic mass is 10.1. The van der Waals surface area contributed by atoms with Gasteiger partial charge in [-0.2, -0.15) is 0 Å². The second kappa shape index (κ2) is 4.74. The summed E-state index contributed by atoms with van der Waals surface area (Å²) in [4.78, 5) is 11.0. The van der Waals surface area contributed by atoms with Crippen molar-refractivity contribution in [3.63, 3.8) is 0 Å². The van der Waals surface area contributed by atoms with Crippen molar-refractivity contribution in [1.82, 2.24) is 0 Å². The number of aliphatic hydroxyl groups is 1. The van der Waals surface area contributed by atoms with Crippen molar-refractivity contribution in [2.45, 2.75) is 26.9 Å². The largest absolute Gasteiger partial charge is 0.393 e. The molecule has 0 aliphatic carbocycles. The minimum absolute atomic E-state index is 0.0810. The van der Waals surface area contributed by atoms with E-state index in [9.17, 15) is 4.79 Å². The summed E-state index contributed by atoms with van der Waals surface area (Å²) < 4.78 is 0. The predicted octanol–water partition coefficient (Wildman–Crippen LogP) is 1.28. The van der Waals surface area contributed by atoms with E-state index in [0.717, 1.165) is 5.75 Å². The molecular formula is C7H14O2S. The zero-order chi connectivity index (χ0) is 8.15. The Labute approximate surface area is 66.0 Å². The molecule has 0 saturated carbocycles. The van der Waals surface area contributed by atoms with Crippen LogP contribution in [0.4, 0.5) is 0 Å². The molecule has 0 bridgehead atoms. The normalized spacial score (nSPS) is 16.4. The van der Waals surface area contributed by atoms with Crippen molar-refractivity contribution < 1.29 is 9.90 Å². The summed E-state index contributed by atoms with van der Waals surface area (Å²) in [6.45, 7) is 5.31. The van der Waals surface area contributed by atoms with Gasteiger partial charge in [0.1, 0.15) is 0 Å². The van der Waals surface area contributed by atoms with E-state index in [1.165, 1.54) is 11.8 Å². The minimum Gasteiger partial charge on any atom is -0.393 e. The van der Waals surface area contributed by atoms with Gasteiger partial charge in [-0.05, 0) is 12.7 Å². The molecule has 60 valence electrons. The van der Waals surface area contributed by atoms with Gasteiger partial charge in [-0.1, -0.05) is 25.6 Å². The van der Waals surface area contributed by atoms with Gasteiger partial charge in [-0.25, -0.2) is 0 Å². The fourth-order valence-corrected chi connectivity index (χ4v) is 1.21. The molecule has 0 unspecified atom stereocenters. The summed E-state index contributed by atoms with van der Waals surface area (Å²) in [7, 11) is 0. The molecule has 0 rings (SSSR count). The molecule has 0 aromatic carbocycles. The molecule has 2 atom stereocenters. The molecule has 0 amide bonds. The van der Waals surface area contributed by atoms with Crippen molar-refractivity contribution in [2.24, 2.45) is 5.92 Å². The molecular weight excluding hydrogens is 148 g/mol. The smallest absolute Gasteiger partial charge is 0.194 e. The molecule has 0 fully saturated rings. The Bertz CT molecular complexity index is 112. The number of thioether (sulfide) groups is 1. The third-order valence-electron chi connectivity index (χ3n) is 1.38. The first kappa shape index (κ1) is 9.98. The third kappa shape index (κ3) is 3.22. The van der Waals surface area contributed by atoms with Gasteiger partial charge in [-0.15, -0.1) is 0 Å². The van der Waals surface area contributed by atoms with E-state index < -0.39 is 6.10 Å². The van der Waals surface area contributed by atoms with Crippen LogP contribution < -0.4 is 0 Å². The SMILES string of the molecule is CCSC(=O)[C@@H](C)[C@@H](C)O. The van der Waals surface area contributed by atoms with Crippen LogP contribution in [-0.4, -0.2) is 22.1 Å². The summed E-state index contributed by atoms with van der Waals surface area (Å²) in [6, 6.07) is 0. The van der Waals surface area contributed by atoms with Crippen LogP contribution in [-0.2, 0) is 4.79 Å². The Morgan fingerprint density at radius 3 is 2.40 bits per heavy atom. The summed E-state index contributed by atoms with van der Waals surface area (Å²) in [5.41, 5.74) is 0. The molecule has 0 aromatic heterocycles. The van der Waals surface area contributed by atoms with Crippen molar-refractivity contribution >= 4 is 16.9 Å². The maximum atomic E-state index is 11.0. The van der Waals surface area contributed by atoms with E-state index in [2.05, 4.69) is 0 Å². The van der Waals surface area contributed by atoms with E-state index in [-0.39, 0.29) is 11.0 Å². The first-order valence-corrected chi connectivity index (χ1v) is 4.42. The molecule has 0 radical (unpaired) electrons. The average molecular weight is 162 g/mol. The predicted molar refractivity (Wildman–Crippen MR) is 44.0 cm³/mol. The van der Waals surface area contributed by atoms with Crippen LogP contribution in [0.25, 0.3) is 0 Å². The Hall–Kier alpha value is -0.0200. The first-order chi connectivity index (χ1) is 4.59. The number of rotatable bonds is 3. The summed E-state index contributed by atoms with van der Waals surface area (Å²) >= 11 is 1.27. The van der Waals surface area contributed by atoms with Crippen molar-refractivity contribution in [3.05, 3.63) is 0 Å². The van der Waals surface area contributed by atoms with Gasteiger partial charge >= 0.3 is 0 Å². The van der Waals surface area contributed by atoms with Crippen molar-refractivity contribution in [3.8, 4) is 0 Å². The molecule has 0 saturated heterocycles. The topological polar surface area (TPSA) is 37.3 Å². The van der Waals surface area contributed by atoms with Gasteiger partial charge in [0, 0.05) is 0 Å². The highest BCUT2D eigenvalue weighted by Crippen LogP contribution is 2.13. The van der Waals surface area contributed by atoms with Gasteiger partial charge in [0.25, 0.3) is 0 Å². The second-order valence-corrected chi connectivity index (χ2v) is 3.55. The van der Waals surface area contributed by atoms with Crippen LogP contribution in [0.1, 0.15) is 20.8 Å². The first-order valence-electron chi connectivity index (χ1n) is 3.44. The molecule has 10 heavy (non-hydrogen) atoms. The number of hydrogen-bond donors (Lipinski definition) is 1. The molecule has 1 N–H and O–H groups in total. The molecule has 0 aromatic rings. The van der Waals surface area contributed by atoms with Gasteiger partial charge < -0.3 is 5.11 Å². The number of aliphatic hydroxyl groups excluding tert-OH is 1. The Balaban J connectivity index is 3.71. The standard InChI is InChI=1S/C7H14O2S/c1-4-10-7(9)5(2)6(3)8/h5-6,8H,4H2,1-3H3/t5-,6+/m0/s1. The van der Waals surface area contributed by atoms with Crippen LogP contribution in [0, 0.1) is 5.92 Å². The van der Waals surface area contributed by atoms with Crippen molar-refractivity contribution in [1.29, 1.82) is 0 Å². The molecule has 0 aliphatic heterocycles. The highest BCUT2D eigenvalue weighted by atomic mass is 32.2. The monoisotopic (exact) mass is 162 g/mol. The fourth-order valence-electron chi connectivity index (χ4n) is 0.471. The zero-order valence-electron chi connectivity index (χ0n) is 6.63. The quantitative estimate of drug-likeness (QED) is 0.679.